The molecule has 0 bridgehead atoms. The molecule has 3 aromatic rings. The van der Waals surface area contributed by atoms with E-state index in [-0.39, 0.29) is 11.6 Å². The first-order valence-electron chi connectivity index (χ1n) is 8.63. The molecular weight excluding hydrogens is 342 g/mol. The number of aryl methyl sites for hydroxylation is 1. The number of carbonyl (C=O) groups excluding carboxylic acids is 1. The van der Waals surface area contributed by atoms with Gasteiger partial charge in [-0.05, 0) is 54.4 Å². The van der Waals surface area contributed by atoms with Crippen molar-refractivity contribution < 1.29 is 14.7 Å². The lowest BCUT2D eigenvalue weighted by Crippen LogP contribution is -2.30. The van der Waals surface area contributed by atoms with Gasteiger partial charge < -0.3 is 20.3 Å². The number of para-hydroxylation sites is 1. The highest BCUT2D eigenvalue weighted by molar-refractivity contribution is 6.07. The van der Waals surface area contributed by atoms with Crippen molar-refractivity contribution >= 4 is 23.3 Å². The van der Waals surface area contributed by atoms with Crippen molar-refractivity contribution in [1.29, 1.82) is 0 Å². The number of hydrogen-bond donors (Lipinski definition) is 2. The number of nitrogen functional groups attached to an aromatic ring is 1. The first-order chi connectivity index (χ1) is 13.0. The number of fused-ring (bicyclic) bond motifs is 2. The molecule has 3 N–H and O–H groups in total. The van der Waals surface area contributed by atoms with Gasteiger partial charge in [0, 0.05) is 22.6 Å². The van der Waals surface area contributed by atoms with E-state index >= 15 is 0 Å². The van der Waals surface area contributed by atoms with E-state index in [9.17, 15) is 14.7 Å². The fourth-order valence-corrected chi connectivity index (χ4v) is 3.49. The van der Waals surface area contributed by atoms with Crippen LogP contribution in [0.15, 0.2) is 54.6 Å². The lowest BCUT2D eigenvalue weighted by atomic mass is 10.1. The summed E-state index contributed by atoms with van der Waals surface area (Å²) in [4.78, 5) is 26.5. The summed E-state index contributed by atoms with van der Waals surface area (Å²) in [5.41, 5.74) is 10.6. The summed E-state index contributed by atoms with van der Waals surface area (Å²) in [5, 5.41) is 9.47. The molecular formula is C21H19N3O3. The number of aromatic nitrogens is 1. The Hall–Kier alpha value is -3.54. The number of rotatable bonds is 2. The number of aromatic carboxylic acids is 1. The second-order valence-corrected chi connectivity index (χ2v) is 6.69. The predicted octanol–water partition coefficient (Wildman–Crippen LogP) is 3.29. The monoisotopic (exact) mass is 361 g/mol. The number of carboxylic acids is 1. The standard InChI is InChI=1S/C21H19N3O3/c1-13-10-14(6-8-17(13)22)20(25)24-12-16-7-9-19(21(26)27)23(16)11-15-4-2-3-5-18(15)24/h2-10H,11-12,22H2,1H3,(H,26,27). The van der Waals surface area contributed by atoms with E-state index in [1.807, 2.05) is 31.2 Å². The molecule has 0 fully saturated rings. The Morgan fingerprint density at radius 1 is 1.04 bits per heavy atom. The molecule has 2 heterocycles. The number of carboxylic acid groups (broad SMARTS) is 1. The summed E-state index contributed by atoms with van der Waals surface area (Å²) in [5.74, 6) is -1.12. The van der Waals surface area contributed by atoms with Crippen LogP contribution in [0.1, 0.15) is 37.7 Å². The normalized spacial score (nSPS) is 12.9. The Kier molecular flexibility index (Phi) is 3.96. The highest BCUT2D eigenvalue weighted by Crippen LogP contribution is 2.30. The average molecular weight is 361 g/mol. The number of nitrogens with two attached hydrogens (primary N) is 1. The molecule has 0 unspecified atom stereocenters. The molecule has 6 heteroatoms. The molecule has 1 aromatic heterocycles. The molecule has 136 valence electrons. The molecule has 1 aliphatic rings. The lowest BCUT2D eigenvalue weighted by Gasteiger charge is -2.23. The van der Waals surface area contributed by atoms with Gasteiger partial charge in [0.25, 0.3) is 5.91 Å². The first kappa shape index (κ1) is 16.9. The van der Waals surface area contributed by atoms with Crippen molar-refractivity contribution in [2.75, 3.05) is 10.6 Å². The van der Waals surface area contributed by atoms with Crippen molar-refractivity contribution in [3.8, 4) is 0 Å². The molecule has 27 heavy (non-hydrogen) atoms. The number of anilines is 2. The van der Waals surface area contributed by atoms with E-state index in [0.717, 1.165) is 22.5 Å². The maximum atomic E-state index is 13.3. The average Bonchev–Trinajstić information content (AvgIpc) is 2.97. The fourth-order valence-electron chi connectivity index (χ4n) is 3.49. The third kappa shape index (κ3) is 2.85. The SMILES string of the molecule is Cc1cc(C(=O)N2Cc3ccc(C(=O)O)n3Cc3ccccc32)ccc1N. The van der Waals surface area contributed by atoms with Crippen LogP contribution in [0.2, 0.25) is 0 Å². The van der Waals surface area contributed by atoms with Crippen molar-refractivity contribution in [2.45, 2.75) is 20.0 Å². The van der Waals surface area contributed by atoms with Gasteiger partial charge in [-0.25, -0.2) is 4.79 Å². The highest BCUT2D eigenvalue weighted by atomic mass is 16.4. The molecule has 0 radical (unpaired) electrons. The van der Waals surface area contributed by atoms with Gasteiger partial charge in [0.2, 0.25) is 0 Å². The molecule has 0 spiro atoms. The van der Waals surface area contributed by atoms with E-state index < -0.39 is 5.97 Å². The summed E-state index contributed by atoms with van der Waals surface area (Å²) in [7, 11) is 0. The zero-order chi connectivity index (χ0) is 19.1. The van der Waals surface area contributed by atoms with E-state index in [1.54, 1.807) is 39.8 Å². The van der Waals surface area contributed by atoms with Crippen LogP contribution in [0, 0.1) is 6.92 Å². The van der Waals surface area contributed by atoms with Crippen LogP contribution >= 0.6 is 0 Å². The molecule has 6 nitrogen and oxygen atoms in total. The molecule has 0 aliphatic carbocycles. The van der Waals surface area contributed by atoms with Gasteiger partial charge in [-0.15, -0.1) is 0 Å². The molecule has 2 aromatic carbocycles. The van der Waals surface area contributed by atoms with Gasteiger partial charge in [-0.3, -0.25) is 4.79 Å². The van der Waals surface area contributed by atoms with Crippen molar-refractivity contribution in [1.82, 2.24) is 4.57 Å². The summed E-state index contributed by atoms with van der Waals surface area (Å²) in [6.45, 7) is 2.57. The molecule has 1 amide bonds. The van der Waals surface area contributed by atoms with Crippen LogP contribution in [0.5, 0.6) is 0 Å². The van der Waals surface area contributed by atoms with Crippen LogP contribution in [-0.4, -0.2) is 21.6 Å². The Morgan fingerprint density at radius 3 is 2.56 bits per heavy atom. The van der Waals surface area contributed by atoms with Crippen molar-refractivity contribution in [3.63, 3.8) is 0 Å². The van der Waals surface area contributed by atoms with Crippen molar-refractivity contribution in [3.05, 3.63) is 82.7 Å². The Balaban J connectivity index is 1.83. The number of hydrogen-bond acceptors (Lipinski definition) is 3. The summed E-state index contributed by atoms with van der Waals surface area (Å²) >= 11 is 0. The summed E-state index contributed by atoms with van der Waals surface area (Å²) in [6.07, 6.45) is 0. The smallest absolute Gasteiger partial charge is 0.352 e. The molecule has 0 saturated carbocycles. The second-order valence-electron chi connectivity index (χ2n) is 6.69. The van der Waals surface area contributed by atoms with E-state index in [0.29, 0.717) is 24.3 Å². The Morgan fingerprint density at radius 2 is 1.81 bits per heavy atom. The number of carbonyl (C=O) groups is 2. The maximum Gasteiger partial charge on any atom is 0.352 e. The van der Waals surface area contributed by atoms with Crippen LogP contribution in [0.4, 0.5) is 11.4 Å². The van der Waals surface area contributed by atoms with Gasteiger partial charge in [-0.1, -0.05) is 18.2 Å². The minimum Gasteiger partial charge on any atom is -0.477 e. The molecule has 0 atom stereocenters. The topological polar surface area (TPSA) is 88.6 Å². The zero-order valence-corrected chi connectivity index (χ0v) is 14.8. The van der Waals surface area contributed by atoms with Crippen molar-refractivity contribution in [2.24, 2.45) is 0 Å². The van der Waals surface area contributed by atoms with Crippen LogP contribution in [0.3, 0.4) is 0 Å². The molecule has 4 rings (SSSR count). The minimum absolute atomic E-state index is 0.142. The van der Waals surface area contributed by atoms with Gasteiger partial charge in [0.05, 0.1) is 13.1 Å². The number of nitrogens with zero attached hydrogens (tertiary/aromatic N) is 2. The summed E-state index contributed by atoms with van der Waals surface area (Å²) in [6, 6.07) is 16.2. The Bertz CT molecular complexity index is 1070. The third-order valence-corrected chi connectivity index (χ3v) is 4.98. The quantitative estimate of drug-likeness (QED) is 0.686. The van der Waals surface area contributed by atoms with Gasteiger partial charge >= 0.3 is 5.97 Å². The third-order valence-electron chi connectivity index (χ3n) is 4.98. The number of benzene rings is 2. The second kappa shape index (κ2) is 6.32. The first-order valence-corrected chi connectivity index (χ1v) is 8.63. The van der Waals surface area contributed by atoms with E-state index in [2.05, 4.69) is 0 Å². The predicted molar refractivity (Wildman–Crippen MR) is 103 cm³/mol. The Labute approximate surface area is 156 Å². The van der Waals surface area contributed by atoms with Gasteiger partial charge in [-0.2, -0.15) is 0 Å². The molecule has 1 aliphatic heterocycles. The van der Waals surface area contributed by atoms with Gasteiger partial charge in [0.15, 0.2) is 0 Å². The highest BCUT2D eigenvalue weighted by Gasteiger charge is 2.27. The lowest BCUT2D eigenvalue weighted by molar-refractivity contribution is 0.0685. The minimum atomic E-state index is -0.979. The fraction of sp³-hybridized carbons (Fsp3) is 0.143. The van der Waals surface area contributed by atoms with Crippen LogP contribution in [0.25, 0.3) is 0 Å². The summed E-state index contributed by atoms with van der Waals surface area (Å²) < 4.78 is 1.75. The van der Waals surface area contributed by atoms with Crippen LogP contribution < -0.4 is 10.6 Å². The number of amides is 1. The maximum absolute atomic E-state index is 13.3. The van der Waals surface area contributed by atoms with Crippen LogP contribution in [-0.2, 0) is 13.1 Å². The molecule has 0 saturated heterocycles. The van der Waals surface area contributed by atoms with Gasteiger partial charge in [0.1, 0.15) is 5.69 Å². The zero-order valence-electron chi connectivity index (χ0n) is 14.8. The van der Waals surface area contributed by atoms with E-state index in [1.165, 1.54) is 0 Å². The largest absolute Gasteiger partial charge is 0.477 e. The van der Waals surface area contributed by atoms with E-state index in [4.69, 9.17) is 5.73 Å².